The lowest BCUT2D eigenvalue weighted by atomic mass is 10.1. The minimum Gasteiger partial charge on any atom is -0.398 e. The van der Waals surface area contributed by atoms with E-state index in [1.165, 1.54) is 11.3 Å². The zero-order valence-corrected chi connectivity index (χ0v) is 11.7. The number of anilines is 2. The first kappa shape index (κ1) is 12.6. The number of hydrogen-bond donors (Lipinski definition) is 2. The van der Waals surface area contributed by atoms with Crippen LogP contribution in [0, 0.1) is 6.92 Å². The average molecular weight is 283 g/mol. The van der Waals surface area contributed by atoms with Crippen LogP contribution in [0.3, 0.4) is 0 Å². The van der Waals surface area contributed by atoms with Crippen LogP contribution >= 0.6 is 11.3 Å². The summed E-state index contributed by atoms with van der Waals surface area (Å²) in [5, 5.41) is 4.89. The summed E-state index contributed by atoms with van der Waals surface area (Å²) in [6.07, 6.45) is 3.49. The summed E-state index contributed by atoms with van der Waals surface area (Å²) in [6.45, 7) is 1.90. The van der Waals surface area contributed by atoms with Gasteiger partial charge >= 0.3 is 0 Å². The summed E-state index contributed by atoms with van der Waals surface area (Å²) in [5.74, 6) is -0.140. The van der Waals surface area contributed by atoms with E-state index in [9.17, 15) is 4.79 Å². The average Bonchev–Trinajstić information content (AvgIpc) is 2.79. The normalized spacial score (nSPS) is 10.7. The van der Waals surface area contributed by atoms with Crippen molar-refractivity contribution in [3.63, 3.8) is 0 Å². The number of thiophene rings is 1. The number of hydrogen-bond acceptors (Lipinski definition) is 4. The van der Waals surface area contributed by atoms with E-state index >= 15 is 0 Å². The summed E-state index contributed by atoms with van der Waals surface area (Å²) >= 11 is 1.40. The molecule has 3 rings (SSSR count). The highest BCUT2D eigenvalue weighted by atomic mass is 32.1. The molecule has 0 aliphatic carbocycles. The van der Waals surface area contributed by atoms with Crippen LogP contribution < -0.4 is 11.1 Å². The summed E-state index contributed by atoms with van der Waals surface area (Å²) in [5.41, 5.74) is 7.22. The van der Waals surface area contributed by atoms with Gasteiger partial charge in [0, 0.05) is 39.4 Å². The first-order chi connectivity index (χ1) is 9.65. The molecule has 0 unspecified atom stereocenters. The van der Waals surface area contributed by atoms with Crippen LogP contribution in [0.2, 0.25) is 0 Å². The van der Waals surface area contributed by atoms with Crippen molar-refractivity contribution in [1.82, 2.24) is 4.98 Å². The van der Waals surface area contributed by atoms with Gasteiger partial charge in [0.1, 0.15) is 0 Å². The standard InChI is InChI=1S/C15H13N3OS/c1-9-12(16)7-14(20-9)15(19)18-13-4-2-3-10-8-17-6-5-11(10)13/h2-8H,16H2,1H3,(H,18,19). The fourth-order valence-corrected chi connectivity index (χ4v) is 2.86. The van der Waals surface area contributed by atoms with E-state index in [4.69, 9.17) is 5.73 Å². The zero-order chi connectivity index (χ0) is 14.1. The first-order valence-electron chi connectivity index (χ1n) is 6.15. The molecule has 0 fully saturated rings. The number of amides is 1. The molecule has 0 atom stereocenters. The SMILES string of the molecule is Cc1sc(C(=O)Nc2cccc3cnccc23)cc1N. The van der Waals surface area contributed by atoms with Gasteiger partial charge in [-0.3, -0.25) is 9.78 Å². The largest absolute Gasteiger partial charge is 0.398 e. The summed E-state index contributed by atoms with van der Waals surface area (Å²) in [4.78, 5) is 17.9. The van der Waals surface area contributed by atoms with Crippen molar-refractivity contribution >= 4 is 39.4 Å². The third kappa shape index (κ3) is 2.23. The second-order valence-corrected chi connectivity index (χ2v) is 5.74. The van der Waals surface area contributed by atoms with Crippen LogP contribution in [0.25, 0.3) is 10.8 Å². The molecule has 3 N–H and O–H groups in total. The van der Waals surface area contributed by atoms with E-state index < -0.39 is 0 Å². The maximum atomic E-state index is 12.3. The van der Waals surface area contributed by atoms with Gasteiger partial charge in [-0.1, -0.05) is 12.1 Å². The Hall–Kier alpha value is -2.40. The molecule has 0 spiro atoms. The van der Waals surface area contributed by atoms with Crippen LogP contribution in [0.15, 0.2) is 42.7 Å². The van der Waals surface area contributed by atoms with Gasteiger partial charge in [-0.15, -0.1) is 11.3 Å². The van der Waals surface area contributed by atoms with Crippen LogP contribution in [-0.2, 0) is 0 Å². The topological polar surface area (TPSA) is 68.0 Å². The number of carbonyl (C=O) groups is 1. The van der Waals surface area contributed by atoms with Crippen LogP contribution in [0.1, 0.15) is 14.5 Å². The molecule has 0 radical (unpaired) electrons. The molecular formula is C15H13N3OS. The predicted molar refractivity (Wildman–Crippen MR) is 83.2 cm³/mol. The van der Waals surface area contributed by atoms with Gasteiger partial charge in [0.2, 0.25) is 0 Å². The van der Waals surface area contributed by atoms with Gasteiger partial charge in [-0.25, -0.2) is 0 Å². The minimum absolute atomic E-state index is 0.140. The Morgan fingerprint density at radius 3 is 2.95 bits per heavy atom. The summed E-state index contributed by atoms with van der Waals surface area (Å²) < 4.78 is 0. The van der Waals surface area contributed by atoms with Crippen molar-refractivity contribution in [2.24, 2.45) is 0 Å². The van der Waals surface area contributed by atoms with E-state index in [0.717, 1.165) is 21.3 Å². The smallest absolute Gasteiger partial charge is 0.265 e. The molecule has 3 aromatic rings. The third-order valence-corrected chi connectivity index (χ3v) is 4.17. The van der Waals surface area contributed by atoms with E-state index in [-0.39, 0.29) is 5.91 Å². The molecule has 4 nitrogen and oxygen atoms in total. The molecule has 2 heterocycles. The van der Waals surface area contributed by atoms with Crippen LogP contribution in [0.4, 0.5) is 11.4 Å². The molecule has 0 saturated carbocycles. The van der Waals surface area contributed by atoms with E-state index in [2.05, 4.69) is 10.3 Å². The molecule has 100 valence electrons. The Balaban J connectivity index is 1.95. The van der Waals surface area contributed by atoms with E-state index in [0.29, 0.717) is 10.6 Å². The Morgan fingerprint density at radius 2 is 2.20 bits per heavy atom. The number of pyridine rings is 1. The number of nitrogen functional groups attached to an aromatic ring is 1. The molecule has 1 amide bonds. The van der Waals surface area contributed by atoms with Crippen molar-refractivity contribution in [2.75, 3.05) is 11.1 Å². The van der Waals surface area contributed by atoms with Crippen LogP contribution in [0.5, 0.6) is 0 Å². The quantitative estimate of drug-likeness (QED) is 0.757. The van der Waals surface area contributed by atoms with Crippen molar-refractivity contribution in [1.29, 1.82) is 0 Å². The third-order valence-electron chi connectivity index (χ3n) is 3.11. The highest BCUT2D eigenvalue weighted by molar-refractivity contribution is 7.14. The number of carbonyl (C=O) groups excluding carboxylic acids is 1. The molecule has 0 aliphatic rings. The monoisotopic (exact) mass is 283 g/mol. The number of rotatable bonds is 2. The van der Waals surface area contributed by atoms with E-state index in [1.54, 1.807) is 18.5 Å². The maximum Gasteiger partial charge on any atom is 0.265 e. The van der Waals surface area contributed by atoms with Crippen molar-refractivity contribution in [3.05, 3.63) is 52.5 Å². The minimum atomic E-state index is -0.140. The van der Waals surface area contributed by atoms with Gasteiger partial charge < -0.3 is 11.1 Å². The van der Waals surface area contributed by atoms with Gasteiger partial charge in [0.25, 0.3) is 5.91 Å². The summed E-state index contributed by atoms with van der Waals surface area (Å²) in [7, 11) is 0. The molecule has 1 aromatic carbocycles. The number of nitrogens with two attached hydrogens (primary N) is 1. The van der Waals surface area contributed by atoms with Crippen LogP contribution in [-0.4, -0.2) is 10.9 Å². The Bertz CT molecular complexity index is 770. The lowest BCUT2D eigenvalue weighted by Gasteiger charge is -2.07. The zero-order valence-electron chi connectivity index (χ0n) is 10.9. The highest BCUT2D eigenvalue weighted by Crippen LogP contribution is 2.26. The van der Waals surface area contributed by atoms with Crippen molar-refractivity contribution in [3.8, 4) is 0 Å². The van der Waals surface area contributed by atoms with Gasteiger partial charge in [-0.05, 0) is 25.1 Å². The number of aryl methyl sites for hydroxylation is 1. The van der Waals surface area contributed by atoms with Crippen molar-refractivity contribution in [2.45, 2.75) is 6.92 Å². The molecule has 5 heteroatoms. The fourth-order valence-electron chi connectivity index (χ4n) is 2.02. The second-order valence-electron chi connectivity index (χ2n) is 4.48. The van der Waals surface area contributed by atoms with Gasteiger partial charge in [0.15, 0.2) is 0 Å². The van der Waals surface area contributed by atoms with Crippen molar-refractivity contribution < 1.29 is 4.79 Å². The Kier molecular flexibility index (Phi) is 3.12. The molecule has 20 heavy (non-hydrogen) atoms. The number of nitrogens with one attached hydrogen (secondary N) is 1. The number of benzene rings is 1. The fraction of sp³-hybridized carbons (Fsp3) is 0.0667. The lowest BCUT2D eigenvalue weighted by Crippen LogP contribution is -2.10. The Morgan fingerprint density at radius 1 is 1.35 bits per heavy atom. The molecular weight excluding hydrogens is 270 g/mol. The van der Waals surface area contributed by atoms with E-state index in [1.807, 2.05) is 31.2 Å². The highest BCUT2D eigenvalue weighted by Gasteiger charge is 2.12. The Labute approximate surface area is 120 Å². The summed E-state index contributed by atoms with van der Waals surface area (Å²) in [6, 6.07) is 9.34. The lowest BCUT2D eigenvalue weighted by molar-refractivity contribution is 0.103. The number of aromatic nitrogens is 1. The molecule has 0 bridgehead atoms. The van der Waals surface area contributed by atoms with Gasteiger partial charge in [-0.2, -0.15) is 0 Å². The first-order valence-corrected chi connectivity index (χ1v) is 6.97. The van der Waals surface area contributed by atoms with Gasteiger partial charge in [0.05, 0.1) is 4.88 Å². The second kappa shape index (κ2) is 4.94. The predicted octanol–water partition coefficient (Wildman–Crippen LogP) is 3.44. The molecule has 0 aliphatic heterocycles. The number of nitrogens with zero attached hydrogens (tertiary/aromatic N) is 1. The molecule has 0 saturated heterocycles. The molecule has 2 aromatic heterocycles. The number of fused-ring (bicyclic) bond motifs is 1. The maximum absolute atomic E-state index is 12.3.